The molecule has 0 aliphatic rings. The minimum Gasteiger partial charge on any atom is -0.458 e. The number of H-pyrrole nitrogens is 1. The Morgan fingerprint density at radius 3 is 3.04 bits per heavy atom. The van der Waals surface area contributed by atoms with E-state index in [2.05, 4.69) is 37.9 Å². The summed E-state index contributed by atoms with van der Waals surface area (Å²) in [6, 6.07) is 5.91. The predicted octanol–water partition coefficient (Wildman–Crippen LogP) is 3.17. The standard InChI is InChI=1S/C14H18N6O2S/c1-3-5-10-6-7-11(12(8-10)23-14(21)22-4-2)15-9-16-13-17-19-20-18-13/h6-9H,3-5H2,1-2H3,(H2,15,16,17,18,19,20). The Morgan fingerprint density at radius 2 is 2.35 bits per heavy atom. The van der Waals surface area contributed by atoms with Gasteiger partial charge in [0.05, 0.1) is 18.6 Å². The number of nitrogens with one attached hydrogen (secondary N) is 2. The van der Waals surface area contributed by atoms with Crippen molar-refractivity contribution in [2.24, 2.45) is 4.99 Å². The second kappa shape index (κ2) is 8.89. The fraction of sp³-hybridized carbons (Fsp3) is 0.357. The highest BCUT2D eigenvalue weighted by Gasteiger charge is 2.10. The first-order valence-electron chi connectivity index (χ1n) is 7.23. The van der Waals surface area contributed by atoms with Crippen molar-refractivity contribution in [1.29, 1.82) is 0 Å². The van der Waals surface area contributed by atoms with E-state index in [-0.39, 0.29) is 11.2 Å². The van der Waals surface area contributed by atoms with Crippen LogP contribution in [0.15, 0.2) is 28.1 Å². The zero-order valence-electron chi connectivity index (χ0n) is 12.9. The highest BCUT2D eigenvalue weighted by atomic mass is 32.2. The van der Waals surface area contributed by atoms with Crippen molar-refractivity contribution in [1.82, 2.24) is 20.6 Å². The number of tetrazole rings is 1. The van der Waals surface area contributed by atoms with Crippen molar-refractivity contribution in [3.8, 4) is 0 Å². The average molecular weight is 334 g/mol. The van der Waals surface area contributed by atoms with Crippen molar-refractivity contribution in [2.75, 3.05) is 11.9 Å². The third-order valence-corrected chi connectivity index (χ3v) is 3.62. The van der Waals surface area contributed by atoms with Crippen LogP contribution in [0.3, 0.4) is 0 Å². The minimum absolute atomic E-state index is 0.222. The molecule has 9 heteroatoms. The molecule has 2 N–H and O–H groups in total. The SMILES string of the molecule is CCCc1ccc(NC=Nc2nn[nH]n2)c(SC(=O)OCC)c1. The van der Waals surface area contributed by atoms with Gasteiger partial charge in [0.2, 0.25) is 0 Å². The van der Waals surface area contributed by atoms with Gasteiger partial charge in [-0.15, -0.1) is 5.10 Å². The fourth-order valence-corrected chi connectivity index (χ4v) is 2.63. The molecule has 2 rings (SSSR count). The van der Waals surface area contributed by atoms with E-state index in [1.165, 1.54) is 11.9 Å². The van der Waals surface area contributed by atoms with Gasteiger partial charge in [0.1, 0.15) is 0 Å². The fourth-order valence-electron chi connectivity index (χ4n) is 1.82. The molecule has 0 unspecified atom stereocenters. The topological polar surface area (TPSA) is 105 Å². The van der Waals surface area contributed by atoms with Gasteiger partial charge in [-0.25, -0.2) is 4.79 Å². The number of aromatic amines is 1. The monoisotopic (exact) mass is 334 g/mol. The predicted molar refractivity (Wildman–Crippen MR) is 89.3 cm³/mol. The average Bonchev–Trinajstić information content (AvgIpc) is 3.03. The van der Waals surface area contributed by atoms with Gasteiger partial charge in [0.25, 0.3) is 5.95 Å². The lowest BCUT2D eigenvalue weighted by Gasteiger charge is -2.10. The van der Waals surface area contributed by atoms with E-state index in [9.17, 15) is 4.79 Å². The number of nitrogens with zero attached hydrogens (tertiary/aromatic N) is 4. The number of hydrogen-bond acceptors (Lipinski definition) is 7. The van der Waals surface area contributed by atoms with Crippen molar-refractivity contribution in [2.45, 2.75) is 31.6 Å². The van der Waals surface area contributed by atoms with Crippen molar-refractivity contribution >= 4 is 35.0 Å². The summed E-state index contributed by atoms with van der Waals surface area (Å²) in [6.07, 6.45) is 3.44. The lowest BCUT2D eigenvalue weighted by molar-refractivity contribution is 0.181. The minimum atomic E-state index is -0.334. The first kappa shape index (κ1) is 16.9. The molecule has 0 amide bonds. The molecule has 1 heterocycles. The van der Waals surface area contributed by atoms with E-state index in [1.54, 1.807) is 6.92 Å². The molecule has 0 atom stereocenters. The molecule has 0 aliphatic carbocycles. The molecular formula is C14H18N6O2S. The molecule has 0 bridgehead atoms. The number of aryl methyl sites for hydroxylation is 1. The highest BCUT2D eigenvalue weighted by molar-refractivity contribution is 8.13. The number of thioether (sulfide) groups is 1. The quantitative estimate of drug-likeness (QED) is 0.347. The van der Waals surface area contributed by atoms with Gasteiger partial charge in [0, 0.05) is 4.90 Å². The molecule has 0 fully saturated rings. The lowest BCUT2D eigenvalue weighted by atomic mass is 10.1. The molecule has 0 radical (unpaired) electrons. The van der Waals surface area contributed by atoms with Crippen LogP contribution in [-0.4, -0.2) is 38.9 Å². The number of ether oxygens (including phenoxy) is 1. The molecule has 122 valence electrons. The molecule has 0 saturated heterocycles. The normalized spacial score (nSPS) is 10.9. The third kappa shape index (κ3) is 5.37. The van der Waals surface area contributed by atoms with E-state index in [0.29, 0.717) is 6.61 Å². The van der Waals surface area contributed by atoms with Gasteiger partial charge in [-0.2, -0.15) is 10.2 Å². The molecule has 23 heavy (non-hydrogen) atoms. The van der Waals surface area contributed by atoms with Crippen LogP contribution in [0.5, 0.6) is 0 Å². The second-order valence-electron chi connectivity index (χ2n) is 4.48. The van der Waals surface area contributed by atoms with E-state index >= 15 is 0 Å². The van der Waals surface area contributed by atoms with Crippen LogP contribution in [0.2, 0.25) is 0 Å². The zero-order valence-corrected chi connectivity index (χ0v) is 13.8. The first-order valence-corrected chi connectivity index (χ1v) is 8.04. The Hall–Kier alpha value is -2.42. The van der Waals surface area contributed by atoms with Crippen LogP contribution in [0.1, 0.15) is 25.8 Å². The summed E-state index contributed by atoms with van der Waals surface area (Å²) in [5.41, 5.74) is 1.93. The van der Waals surface area contributed by atoms with Gasteiger partial charge in [-0.1, -0.05) is 24.5 Å². The number of carbonyl (C=O) groups is 1. The molecule has 2 aromatic rings. The van der Waals surface area contributed by atoms with Gasteiger partial charge in [-0.3, -0.25) is 0 Å². The maximum atomic E-state index is 11.7. The Balaban J connectivity index is 2.13. The number of carbonyl (C=O) groups excluding carboxylic acids is 1. The Bertz CT molecular complexity index is 659. The maximum absolute atomic E-state index is 11.7. The van der Waals surface area contributed by atoms with Crippen LogP contribution in [0.25, 0.3) is 0 Å². The number of aromatic nitrogens is 4. The Kier molecular flexibility index (Phi) is 6.55. The summed E-state index contributed by atoms with van der Waals surface area (Å²) in [5.74, 6) is 0.222. The molecule has 0 aliphatic heterocycles. The van der Waals surface area contributed by atoms with Crippen LogP contribution >= 0.6 is 11.8 Å². The third-order valence-electron chi connectivity index (χ3n) is 2.77. The van der Waals surface area contributed by atoms with Gasteiger partial charge in [0.15, 0.2) is 0 Å². The first-order chi connectivity index (χ1) is 11.2. The number of rotatable bonds is 7. The van der Waals surface area contributed by atoms with E-state index in [4.69, 9.17) is 4.74 Å². The van der Waals surface area contributed by atoms with Crippen LogP contribution in [0, 0.1) is 0 Å². The Labute approximate surface area is 138 Å². The molecular weight excluding hydrogens is 316 g/mol. The lowest BCUT2D eigenvalue weighted by Crippen LogP contribution is -2.01. The van der Waals surface area contributed by atoms with Crippen LogP contribution < -0.4 is 5.32 Å². The molecule has 8 nitrogen and oxygen atoms in total. The number of benzene rings is 1. The number of hydrogen-bond donors (Lipinski definition) is 2. The molecule has 0 spiro atoms. The van der Waals surface area contributed by atoms with Gasteiger partial charge in [-0.05, 0) is 48.0 Å². The summed E-state index contributed by atoms with van der Waals surface area (Å²) in [6.45, 7) is 4.24. The highest BCUT2D eigenvalue weighted by Crippen LogP contribution is 2.30. The van der Waals surface area contributed by atoms with Crippen LogP contribution in [-0.2, 0) is 11.2 Å². The van der Waals surface area contributed by atoms with Crippen molar-refractivity contribution in [3.63, 3.8) is 0 Å². The van der Waals surface area contributed by atoms with E-state index in [0.717, 1.165) is 35.2 Å². The summed E-state index contributed by atoms with van der Waals surface area (Å²) < 4.78 is 4.99. The van der Waals surface area contributed by atoms with Gasteiger partial charge < -0.3 is 10.1 Å². The Morgan fingerprint density at radius 1 is 1.48 bits per heavy atom. The number of aliphatic imine (C=N–C) groups is 1. The summed E-state index contributed by atoms with van der Waals surface area (Å²) in [5, 5.41) is 15.9. The van der Waals surface area contributed by atoms with Crippen molar-refractivity contribution < 1.29 is 9.53 Å². The second-order valence-corrected chi connectivity index (χ2v) is 5.46. The largest absolute Gasteiger partial charge is 0.458 e. The van der Waals surface area contributed by atoms with E-state index in [1.807, 2.05) is 18.2 Å². The van der Waals surface area contributed by atoms with Gasteiger partial charge >= 0.3 is 5.30 Å². The summed E-state index contributed by atoms with van der Waals surface area (Å²) in [4.78, 5) is 16.5. The van der Waals surface area contributed by atoms with E-state index < -0.39 is 0 Å². The molecule has 1 aromatic carbocycles. The smallest absolute Gasteiger partial charge is 0.372 e. The maximum Gasteiger partial charge on any atom is 0.372 e. The number of anilines is 1. The molecule has 1 aromatic heterocycles. The summed E-state index contributed by atoms with van der Waals surface area (Å²) >= 11 is 1.05. The zero-order chi connectivity index (χ0) is 16.5. The molecule has 0 saturated carbocycles. The summed E-state index contributed by atoms with van der Waals surface area (Å²) in [7, 11) is 0. The van der Waals surface area contributed by atoms with Crippen molar-refractivity contribution in [3.05, 3.63) is 23.8 Å². The van der Waals surface area contributed by atoms with Crippen LogP contribution in [0.4, 0.5) is 16.4 Å².